The fourth-order valence-electron chi connectivity index (χ4n) is 3.00. The van der Waals surface area contributed by atoms with E-state index < -0.39 is 0 Å². The molecule has 0 spiro atoms. The summed E-state index contributed by atoms with van der Waals surface area (Å²) in [6, 6.07) is 15.5. The average Bonchev–Trinajstić information content (AvgIpc) is 2.99. The smallest absolute Gasteiger partial charge is 0.0408 e. The van der Waals surface area contributed by atoms with Crippen LogP contribution in [0.15, 0.2) is 42.5 Å². The van der Waals surface area contributed by atoms with Gasteiger partial charge in [0.15, 0.2) is 0 Å². The molecule has 0 atom stereocenters. The Labute approximate surface area is 137 Å². The second-order valence-electron chi connectivity index (χ2n) is 4.81. The minimum absolute atomic E-state index is 1.07. The van der Waals surface area contributed by atoms with Gasteiger partial charge in [0.25, 0.3) is 0 Å². The fraction of sp³-hybridized carbons (Fsp3) is 0.429. The van der Waals surface area contributed by atoms with E-state index in [4.69, 9.17) is 0 Å². The van der Waals surface area contributed by atoms with Gasteiger partial charge in [0, 0.05) is 25.2 Å². The van der Waals surface area contributed by atoms with E-state index in [1.165, 1.54) is 27.9 Å². The number of rotatable bonds is 3. The molecule has 1 nitrogen and oxygen atoms in total. The molecule has 1 aliphatic rings. The van der Waals surface area contributed by atoms with Gasteiger partial charge in [0.1, 0.15) is 0 Å². The Balaban J connectivity index is 0.000000561. The first-order valence-electron chi connectivity index (χ1n) is 8.80. The third kappa shape index (κ3) is 3.52. The van der Waals surface area contributed by atoms with E-state index in [2.05, 4.69) is 61.2 Å². The Hall–Kier alpha value is -1.76. The summed E-state index contributed by atoms with van der Waals surface area (Å²) in [5.41, 5.74) is 7.22. The van der Waals surface area contributed by atoms with Crippen LogP contribution in [0.3, 0.4) is 0 Å². The Morgan fingerprint density at radius 1 is 0.773 bits per heavy atom. The highest BCUT2D eigenvalue weighted by molar-refractivity contribution is 5.82. The first kappa shape index (κ1) is 18.3. The van der Waals surface area contributed by atoms with Crippen molar-refractivity contribution >= 4 is 5.69 Å². The van der Waals surface area contributed by atoms with Crippen LogP contribution >= 0.6 is 0 Å². The van der Waals surface area contributed by atoms with Crippen LogP contribution in [0.25, 0.3) is 11.1 Å². The molecular weight excluding hydrogens is 266 g/mol. The van der Waals surface area contributed by atoms with Crippen molar-refractivity contribution in [2.24, 2.45) is 0 Å². The molecule has 0 aliphatic heterocycles. The van der Waals surface area contributed by atoms with E-state index in [1.807, 2.05) is 27.7 Å². The number of fused-ring (bicyclic) bond motifs is 3. The summed E-state index contributed by atoms with van der Waals surface area (Å²) >= 11 is 0. The average molecular weight is 297 g/mol. The SMILES string of the molecule is CC.CC.CCN(CC)c1cccc2c1Cc1ccccc1-2. The van der Waals surface area contributed by atoms with Gasteiger partial charge in [-0.2, -0.15) is 0 Å². The van der Waals surface area contributed by atoms with Crippen molar-refractivity contribution in [2.75, 3.05) is 18.0 Å². The van der Waals surface area contributed by atoms with Crippen molar-refractivity contribution in [2.45, 2.75) is 48.0 Å². The van der Waals surface area contributed by atoms with Gasteiger partial charge < -0.3 is 4.90 Å². The van der Waals surface area contributed by atoms with Crippen LogP contribution in [0, 0.1) is 0 Å². The van der Waals surface area contributed by atoms with E-state index in [9.17, 15) is 0 Å². The topological polar surface area (TPSA) is 3.24 Å². The maximum absolute atomic E-state index is 2.45. The Kier molecular flexibility index (Phi) is 7.73. The number of hydrogen-bond donors (Lipinski definition) is 0. The van der Waals surface area contributed by atoms with Crippen molar-refractivity contribution in [3.05, 3.63) is 53.6 Å². The molecule has 0 aromatic heterocycles. The fourth-order valence-corrected chi connectivity index (χ4v) is 3.00. The predicted octanol–water partition coefficient (Wildman–Crippen LogP) is 6.16. The van der Waals surface area contributed by atoms with Crippen molar-refractivity contribution in [1.82, 2.24) is 0 Å². The predicted molar refractivity (Wildman–Crippen MR) is 101 cm³/mol. The number of benzene rings is 2. The van der Waals surface area contributed by atoms with Gasteiger partial charge in [0.05, 0.1) is 0 Å². The second-order valence-corrected chi connectivity index (χ2v) is 4.81. The quantitative estimate of drug-likeness (QED) is 0.560. The lowest BCUT2D eigenvalue weighted by Crippen LogP contribution is -2.23. The van der Waals surface area contributed by atoms with E-state index in [0.717, 1.165) is 19.5 Å². The zero-order chi connectivity index (χ0) is 16.5. The summed E-state index contributed by atoms with van der Waals surface area (Å²) in [5, 5.41) is 0. The van der Waals surface area contributed by atoms with Gasteiger partial charge in [-0.1, -0.05) is 64.1 Å². The molecular formula is C21H31N. The summed E-state index contributed by atoms with van der Waals surface area (Å²) in [4.78, 5) is 2.45. The molecule has 120 valence electrons. The monoisotopic (exact) mass is 297 g/mol. The van der Waals surface area contributed by atoms with Crippen molar-refractivity contribution in [3.8, 4) is 11.1 Å². The van der Waals surface area contributed by atoms with E-state index in [1.54, 1.807) is 0 Å². The lowest BCUT2D eigenvalue weighted by atomic mass is 10.0. The normalized spacial score (nSPS) is 10.5. The summed E-state index contributed by atoms with van der Waals surface area (Å²) in [7, 11) is 0. The minimum Gasteiger partial charge on any atom is -0.372 e. The highest BCUT2D eigenvalue weighted by Crippen LogP contribution is 2.41. The largest absolute Gasteiger partial charge is 0.372 e. The van der Waals surface area contributed by atoms with E-state index in [0.29, 0.717) is 0 Å². The van der Waals surface area contributed by atoms with Gasteiger partial charge in [0.2, 0.25) is 0 Å². The molecule has 0 saturated heterocycles. The van der Waals surface area contributed by atoms with Crippen LogP contribution in [0.5, 0.6) is 0 Å². The molecule has 0 saturated carbocycles. The third-order valence-corrected chi connectivity index (χ3v) is 3.93. The van der Waals surface area contributed by atoms with Crippen molar-refractivity contribution < 1.29 is 0 Å². The highest BCUT2D eigenvalue weighted by Gasteiger charge is 2.21. The molecule has 0 heterocycles. The molecule has 0 N–H and O–H groups in total. The third-order valence-electron chi connectivity index (χ3n) is 3.93. The zero-order valence-corrected chi connectivity index (χ0v) is 15.1. The van der Waals surface area contributed by atoms with Crippen LogP contribution in [0.2, 0.25) is 0 Å². The summed E-state index contributed by atoms with van der Waals surface area (Å²) in [6.45, 7) is 14.6. The maximum Gasteiger partial charge on any atom is 0.0408 e. The molecule has 1 heteroatoms. The molecule has 0 fully saturated rings. The molecule has 0 amide bonds. The van der Waals surface area contributed by atoms with Gasteiger partial charge in [-0.3, -0.25) is 0 Å². The van der Waals surface area contributed by atoms with Crippen LogP contribution < -0.4 is 4.90 Å². The number of hydrogen-bond acceptors (Lipinski definition) is 1. The highest BCUT2D eigenvalue weighted by atomic mass is 15.1. The van der Waals surface area contributed by atoms with Crippen molar-refractivity contribution in [3.63, 3.8) is 0 Å². The van der Waals surface area contributed by atoms with E-state index >= 15 is 0 Å². The number of anilines is 1. The molecule has 22 heavy (non-hydrogen) atoms. The Morgan fingerprint density at radius 2 is 1.36 bits per heavy atom. The van der Waals surface area contributed by atoms with Crippen LogP contribution in [-0.2, 0) is 6.42 Å². The van der Waals surface area contributed by atoms with Crippen LogP contribution in [0.4, 0.5) is 5.69 Å². The molecule has 3 rings (SSSR count). The van der Waals surface area contributed by atoms with Gasteiger partial charge in [-0.15, -0.1) is 0 Å². The molecule has 0 radical (unpaired) electrons. The molecule has 2 aromatic rings. The summed E-state index contributed by atoms with van der Waals surface area (Å²) < 4.78 is 0. The first-order chi connectivity index (χ1) is 10.8. The first-order valence-corrected chi connectivity index (χ1v) is 8.80. The van der Waals surface area contributed by atoms with Gasteiger partial charge >= 0.3 is 0 Å². The van der Waals surface area contributed by atoms with Gasteiger partial charge in [-0.25, -0.2) is 0 Å². The maximum atomic E-state index is 2.45. The van der Waals surface area contributed by atoms with Crippen LogP contribution in [0.1, 0.15) is 52.7 Å². The summed E-state index contributed by atoms with van der Waals surface area (Å²) in [5.74, 6) is 0. The Bertz CT molecular complexity index is 568. The zero-order valence-electron chi connectivity index (χ0n) is 15.1. The molecule has 0 unspecified atom stereocenters. The lowest BCUT2D eigenvalue weighted by Gasteiger charge is -2.24. The van der Waals surface area contributed by atoms with E-state index in [-0.39, 0.29) is 0 Å². The van der Waals surface area contributed by atoms with Crippen molar-refractivity contribution in [1.29, 1.82) is 0 Å². The summed E-state index contributed by atoms with van der Waals surface area (Å²) in [6.07, 6.45) is 1.08. The lowest BCUT2D eigenvalue weighted by molar-refractivity contribution is 0.860. The Morgan fingerprint density at radius 3 is 2.00 bits per heavy atom. The molecule has 0 bridgehead atoms. The van der Waals surface area contributed by atoms with Crippen LogP contribution in [-0.4, -0.2) is 13.1 Å². The standard InChI is InChI=1S/C17H19N.2C2H6/c1-3-18(4-2)17-11-7-10-15-14-9-6-5-8-13(14)12-16(15)17;2*1-2/h5-11H,3-4,12H2,1-2H3;2*1-2H3. The number of nitrogens with zero attached hydrogens (tertiary/aromatic N) is 1. The molecule has 1 aliphatic carbocycles. The molecule has 2 aromatic carbocycles. The minimum atomic E-state index is 1.07. The van der Waals surface area contributed by atoms with Gasteiger partial charge in [-0.05, 0) is 42.2 Å². The second kappa shape index (κ2) is 9.30.